The number of likely N-dealkylation sites (tertiary alicyclic amines) is 1. The van der Waals surface area contributed by atoms with E-state index < -0.39 is 5.60 Å². The van der Waals surface area contributed by atoms with Gasteiger partial charge in [-0.05, 0) is 62.9 Å². The molecule has 0 spiro atoms. The maximum absolute atomic E-state index is 11.0. The van der Waals surface area contributed by atoms with Crippen LogP contribution in [0.3, 0.4) is 0 Å². The number of ether oxygens (including phenoxy) is 1. The second-order valence-electron chi connectivity index (χ2n) is 8.76. The van der Waals surface area contributed by atoms with E-state index >= 15 is 0 Å². The first kappa shape index (κ1) is 23.0. The number of benzene rings is 2. The maximum atomic E-state index is 11.0. The van der Waals surface area contributed by atoms with Crippen molar-refractivity contribution in [3.63, 3.8) is 0 Å². The van der Waals surface area contributed by atoms with Crippen molar-refractivity contribution in [1.82, 2.24) is 4.90 Å². The van der Waals surface area contributed by atoms with Crippen LogP contribution in [0.15, 0.2) is 48.5 Å². The zero-order valence-corrected chi connectivity index (χ0v) is 18.7. The molecular weight excluding hydrogens is 394 g/mol. The summed E-state index contributed by atoms with van der Waals surface area (Å²) in [5, 5.41) is 22.0. The number of non-ortho nitro benzene ring substituents is 1. The molecule has 0 radical (unpaired) electrons. The summed E-state index contributed by atoms with van der Waals surface area (Å²) in [4.78, 5) is 15.0. The first-order chi connectivity index (χ1) is 14.7. The fourth-order valence-corrected chi connectivity index (χ4v) is 3.96. The third kappa shape index (κ3) is 6.67. The maximum Gasteiger partial charge on any atom is 0.269 e. The fourth-order valence-electron chi connectivity index (χ4n) is 3.96. The van der Waals surface area contributed by atoms with E-state index in [1.165, 1.54) is 6.07 Å². The summed E-state index contributed by atoms with van der Waals surface area (Å²) < 4.78 is 5.69. The minimum Gasteiger partial charge on any atom is -0.491 e. The summed E-state index contributed by atoms with van der Waals surface area (Å²) in [5.41, 5.74) is 1.48. The quantitative estimate of drug-likeness (QED) is 0.476. The Morgan fingerprint density at radius 2 is 1.87 bits per heavy atom. The van der Waals surface area contributed by atoms with E-state index in [0.29, 0.717) is 25.8 Å². The average Bonchev–Trinajstić information content (AvgIpc) is 2.74. The molecule has 0 aromatic heterocycles. The smallest absolute Gasteiger partial charge is 0.269 e. The lowest BCUT2D eigenvalue weighted by Gasteiger charge is -2.39. The van der Waals surface area contributed by atoms with Gasteiger partial charge in [-0.1, -0.05) is 12.1 Å². The van der Waals surface area contributed by atoms with Crippen LogP contribution in [0.2, 0.25) is 0 Å². The van der Waals surface area contributed by atoms with Gasteiger partial charge in [0.25, 0.3) is 5.69 Å². The standard InChI is InChI=1S/C24H33N3O4/c1-19(2)31-23-9-7-21(8-10-23)25(3)14-11-24(28)12-15-26(16-13-24)18-20-5-4-6-22(17-20)27(29)30/h4-10,17,19,28H,11-16,18H2,1-3H3. The van der Waals surface area contributed by atoms with E-state index in [9.17, 15) is 15.2 Å². The van der Waals surface area contributed by atoms with Gasteiger partial charge in [-0.15, -0.1) is 0 Å². The molecule has 7 heteroatoms. The summed E-state index contributed by atoms with van der Waals surface area (Å²) >= 11 is 0. The predicted octanol–water partition coefficient (Wildman–Crippen LogP) is 4.24. The Balaban J connectivity index is 1.47. The molecule has 3 rings (SSSR count). The van der Waals surface area contributed by atoms with E-state index in [1.54, 1.807) is 12.1 Å². The van der Waals surface area contributed by atoms with Crippen molar-refractivity contribution in [3.8, 4) is 5.75 Å². The van der Waals surface area contributed by atoms with Crippen molar-refractivity contribution < 1.29 is 14.8 Å². The highest BCUT2D eigenvalue weighted by Gasteiger charge is 2.32. The molecule has 0 amide bonds. The molecule has 2 aromatic carbocycles. The number of hydrogen-bond acceptors (Lipinski definition) is 6. The van der Waals surface area contributed by atoms with Crippen LogP contribution in [0.4, 0.5) is 11.4 Å². The first-order valence-corrected chi connectivity index (χ1v) is 10.9. The normalized spacial score (nSPS) is 16.3. The Morgan fingerprint density at radius 1 is 1.19 bits per heavy atom. The lowest BCUT2D eigenvalue weighted by atomic mass is 9.88. The van der Waals surface area contributed by atoms with E-state index in [1.807, 2.05) is 51.2 Å². The Bertz CT molecular complexity index is 861. The summed E-state index contributed by atoms with van der Waals surface area (Å²) in [6, 6.07) is 14.8. The Kier molecular flexibility index (Phi) is 7.51. The van der Waals surface area contributed by atoms with Crippen LogP contribution in [-0.4, -0.2) is 53.3 Å². The van der Waals surface area contributed by atoms with Gasteiger partial charge >= 0.3 is 0 Å². The zero-order valence-electron chi connectivity index (χ0n) is 18.7. The third-order valence-electron chi connectivity index (χ3n) is 5.88. The summed E-state index contributed by atoms with van der Waals surface area (Å²) in [6.45, 7) is 7.02. The third-order valence-corrected chi connectivity index (χ3v) is 5.88. The topological polar surface area (TPSA) is 79.1 Å². The van der Waals surface area contributed by atoms with Crippen LogP contribution in [0, 0.1) is 10.1 Å². The number of rotatable bonds is 9. The zero-order chi connectivity index (χ0) is 22.4. The number of nitro groups is 1. The van der Waals surface area contributed by atoms with Gasteiger partial charge in [0.05, 0.1) is 16.6 Å². The number of piperidine rings is 1. The molecule has 0 aliphatic carbocycles. The van der Waals surface area contributed by atoms with Gasteiger partial charge in [0.2, 0.25) is 0 Å². The number of nitro benzene ring substituents is 1. The lowest BCUT2D eigenvalue weighted by Crippen LogP contribution is -2.45. The highest BCUT2D eigenvalue weighted by atomic mass is 16.6. The number of nitrogens with zero attached hydrogens (tertiary/aromatic N) is 3. The average molecular weight is 428 g/mol. The fraction of sp³-hybridized carbons (Fsp3) is 0.500. The molecule has 1 aliphatic heterocycles. The molecule has 0 unspecified atom stereocenters. The van der Waals surface area contributed by atoms with Gasteiger partial charge in [-0.25, -0.2) is 0 Å². The van der Waals surface area contributed by atoms with Crippen molar-refractivity contribution in [2.24, 2.45) is 0 Å². The van der Waals surface area contributed by atoms with Gasteiger partial charge in [0, 0.05) is 51.0 Å². The minimum absolute atomic E-state index is 0.123. The van der Waals surface area contributed by atoms with E-state index in [4.69, 9.17) is 4.74 Å². The molecular formula is C24H33N3O4. The molecule has 2 aromatic rings. The predicted molar refractivity (Wildman–Crippen MR) is 123 cm³/mol. The van der Waals surface area contributed by atoms with Crippen LogP contribution in [0.25, 0.3) is 0 Å². The van der Waals surface area contributed by atoms with Crippen LogP contribution in [0.5, 0.6) is 5.75 Å². The van der Waals surface area contributed by atoms with E-state index in [2.05, 4.69) is 9.80 Å². The minimum atomic E-state index is -0.672. The first-order valence-electron chi connectivity index (χ1n) is 10.9. The summed E-state index contributed by atoms with van der Waals surface area (Å²) in [5.74, 6) is 0.863. The van der Waals surface area contributed by atoms with Gasteiger partial charge < -0.3 is 14.7 Å². The Labute approximate surface area is 184 Å². The van der Waals surface area contributed by atoms with Crippen LogP contribution < -0.4 is 9.64 Å². The SMILES string of the molecule is CC(C)Oc1ccc(N(C)CCC2(O)CCN(Cc3cccc([N+](=O)[O-])c3)CC2)cc1. The van der Waals surface area contributed by atoms with Crippen LogP contribution >= 0.6 is 0 Å². The highest BCUT2D eigenvalue weighted by molar-refractivity contribution is 5.48. The molecule has 0 saturated carbocycles. The van der Waals surface area contributed by atoms with Crippen molar-refractivity contribution in [2.75, 3.05) is 31.6 Å². The molecule has 31 heavy (non-hydrogen) atoms. The molecule has 1 fully saturated rings. The van der Waals surface area contributed by atoms with Crippen LogP contribution in [0.1, 0.15) is 38.7 Å². The van der Waals surface area contributed by atoms with Gasteiger partial charge in [-0.3, -0.25) is 15.0 Å². The molecule has 0 bridgehead atoms. The van der Waals surface area contributed by atoms with Gasteiger partial charge in [0.15, 0.2) is 0 Å². The molecule has 1 aliphatic rings. The van der Waals surface area contributed by atoms with Gasteiger partial charge in [0.1, 0.15) is 5.75 Å². The second kappa shape index (κ2) is 10.1. The molecule has 1 N–H and O–H groups in total. The molecule has 168 valence electrons. The second-order valence-corrected chi connectivity index (χ2v) is 8.76. The van der Waals surface area contributed by atoms with Crippen molar-refractivity contribution in [3.05, 3.63) is 64.2 Å². The Morgan fingerprint density at radius 3 is 2.48 bits per heavy atom. The van der Waals surface area contributed by atoms with E-state index in [0.717, 1.165) is 36.6 Å². The molecule has 1 heterocycles. The number of hydrogen-bond donors (Lipinski definition) is 1. The van der Waals surface area contributed by atoms with Gasteiger partial charge in [-0.2, -0.15) is 0 Å². The summed E-state index contributed by atoms with van der Waals surface area (Å²) in [6.07, 6.45) is 2.27. The molecule has 7 nitrogen and oxygen atoms in total. The lowest BCUT2D eigenvalue weighted by molar-refractivity contribution is -0.384. The highest BCUT2D eigenvalue weighted by Crippen LogP contribution is 2.28. The Hall–Kier alpha value is -2.64. The van der Waals surface area contributed by atoms with Crippen molar-refractivity contribution >= 4 is 11.4 Å². The van der Waals surface area contributed by atoms with E-state index in [-0.39, 0.29) is 16.7 Å². The van der Waals surface area contributed by atoms with Crippen LogP contribution in [-0.2, 0) is 6.54 Å². The number of aliphatic hydroxyl groups is 1. The molecule has 1 saturated heterocycles. The number of anilines is 1. The van der Waals surface area contributed by atoms with Crippen molar-refractivity contribution in [2.45, 2.75) is 51.4 Å². The summed E-state index contributed by atoms with van der Waals surface area (Å²) in [7, 11) is 2.04. The van der Waals surface area contributed by atoms with Crippen molar-refractivity contribution in [1.29, 1.82) is 0 Å². The molecule has 0 atom stereocenters. The monoisotopic (exact) mass is 427 g/mol. The largest absolute Gasteiger partial charge is 0.491 e.